The van der Waals surface area contributed by atoms with Crippen molar-refractivity contribution in [3.8, 4) is 0 Å². The maximum Gasteiger partial charge on any atom is 0.122 e. The average Bonchev–Trinajstić information content (AvgIpc) is 2.97. The van der Waals surface area contributed by atoms with Crippen molar-refractivity contribution in [2.24, 2.45) is 12.8 Å². The fourth-order valence-electron chi connectivity index (χ4n) is 2.88. The highest BCUT2D eigenvalue weighted by Crippen LogP contribution is 2.25. The molecule has 102 valence electrons. The van der Waals surface area contributed by atoms with Crippen molar-refractivity contribution in [2.45, 2.75) is 26.1 Å². The van der Waals surface area contributed by atoms with Gasteiger partial charge in [0.2, 0.25) is 0 Å². The lowest BCUT2D eigenvalue weighted by Gasteiger charge is -2.34. The highest BCUT2D eigenvalue weighted by Gasteiger charge is 2.26. The minimum absolute atomic E-state index is 0.221. The van der Waals surface area contributed by atoms with E-state index in [9.17, 15) is 0 Å². The predicted molar refractivity (Wildman–Crippen MR) is 72.4 cm³/mol. The Morgan fingerprint density at radius 1 is 1.42 bits per heavy atom. The van der Waals surface area contributed by atoms with Gasteiger partial charge in [-0.2, -0.15) is 5.10 Å². The summed E-state index contributed by atoms with van der Waals surface area (Å²) in [7, 11) is 1.95. The molecule has 2 N–H and O–H groups in total. The van der Waals surface area contributed by atoms with E-state index in [1.54, 1.807) is 0 Å². The van der Waals surface area contributed by atoms with Gasteiger partial charge in [-0.3, -0.25) is 9.58 Å². The summed E-state index contributed by atoms with van der Waals surface area (Å²) in [5, 5.41) is 4.42. The Balaban J connectivity index is 1.86. The molecule has 3 heterocycles. The van der Waals surface area contributed by atoms with E-state index in [1.165, 1.54) is 5.56 Å². The maximum atomic E-state index is 6.00. The van der Waals surface area contributed by atoms with Crippen molar-refractivity contribution in [1.29, 1.82) is 0 Å². The Kier molecular flexibility index (Phi) is 3.12. The Bertz CT molecular complexity index is 569. The zero-order valence-corrected chi connectivity index (χ0v) is 11.5. The van der Waals surface area contributed by atoms with E-state index >= 15 is 0 Å². The number of nitrogens with zero attached hydrogens (tertiary/aromatic N) is 5. The van der Waals surface area contributed by atoms with Crippen molar-refractivity contribution in [2.75, 3.05) is 13.1 Å². The summed E-state index contributed by atoms with van der Waals surface area (Å²) in [4.78, 5) is 6.80. The summed E-state index contributed by atoms with van der Waals surface area (Å²) in [6, 6.07) is 0.221. The first kappa shape index (κ1) is 12.4. The van der Waals surface area contributed by atoms with Gasteiger partial charge in [0.1, 0.15) is 5.82 Å². The van der Waals surface area contributed by atoms with Crippen LogP contribution in [-0.2, 0) is 20.1 Å². The van der Waals surface area contributed by atoms with Crippen LogP contribution in [0.25, 0.3) is 0 Å². The highest BCUT2D eigenvalue weighted by molar-refractivity contribution is 5.21. The molecule has 1 aliphatic heterocycles. The lowest BCUT2D eigenvalue weighted by molar-refractivity contribution is 0.156. The van der Waals surface area contributed by atoms with Gasteiger partial charge >= 0.3 is 0 Å². The summed E-state index contributed by atoms with van der Waals surface area (Å²) in [6.45, 7) is 5.48. The highest BCUT2D eigenvalue weighted by atomic mass is 15.3. The molecule has 0 spiro atoms. The molecule has 0 bridgehead atoms. The van der Waals surface area contributed by atoms with E-state index < -0.39 is 0 Å². The number of aryl methyl sites for hydroxylation is 2. The number of imidazole rings is 1. The molecule has 0 aromatic carbocycles. The molecule has 0 amide bonds. The van der Waals surface area contributed by atoms with Crippen LogP contribution in [-0.4, -0.2) is 37.3 Å². The summed E-state index contributed by atoms with van der Waals surface area (Å²) < 4.78 is 4.07. The first-order valence-corrected chi connectivity index (χ1v) is 6.63. The molecule has 1 atom stereocenters. The number of hydrogen-bond donors (Lipinski definition) is 1. The maximum absolute atomic E-state index is 6.00. The Hall–Kier alpha value is -1.66. The summed E-state index contributed by atoms with van der Waals surface area (Å²) in [5.74, 6) is 1.12. The number of aromatic nitrogens is 4. The molecule has 0 saturated heterocycles. The van der Waals surface area contributed by atoms with Crippen molar-refractivity contribution in [3.63, 3.8) is 0 Å². The molecular weight excluding hydrogens is 240 g/mol. The van der Waals surface area contributed by atoms with Crippen LogP contribution in [0.1, 0.15) is 23.1 Å². The van der Waals surface area contributed by atoms with Gasteiger partial charge in [-0.1, -0.05) is 0 Å². The minimum Gasteiger partial charge on any atom is -0.333 e. The number of hydrogen-bond acceptors (Lipinski definition) is 4. The smallest absolute Gasteiger partial charge is 0.122 e. The molecule has 1 unspecified atom stereocenters. The van der Waals surface area contributed by atoms with E-state index in [2.05, 4.69) is 25.7 Å². The standard InChI is InChI=1S/C13H20N6/c1-10-11(8-17(2)16-10)12(7-14)19-6-5-18-4-3-15-13(18)9-19/h3-4,8,12H,5-7,9,14H2,1-2H3. The molecule has 0 fully saturated rings. The van der Waals surface area contributed by atoms with Gasteiger partial charge in [0.15, 0.2) is 0 Å². The summed E-state index contributed by atoms with van der Waals surface area (Å²) in [6.07, 6.45) is 5.99. The largest absolute Gasteiger partial charge is 0.333 e. The van der Waals surface area contributed by atoms with E-state index in [0.717, 1.165) is 31.2 Å². The molecule has 0 radical (unpaired) electrons. The molecule has 3 rings (SSSR count). The van der Waals surface area contributed by atoms with Gasteiger partial charge in [-0.05, 0) is 6.92 Å². The Morgan fingerprint density at radius 3 is 2.95 bits per heavy atom. The SMILES string of the molecule is Cc1nn(C)cc1C(CN)N1CCn2ccnc2C1. The van der Waals surface area contributed by atoms with E-state index in [0.29, 0.717) is 6.54 Å². The number of nitrogens with two attached hydrogens (primary N) is 1. The predicted octanol–water partition coefficient (Wildman–Crippen LogP) is 0.441. The van der Waals surface area contributed by atoms with Gasteiger partial charge in [0, 0.05) is 50.8 Å². The van der Waals surface area contributed by atoms with Gasteiger partial charge in [0.05, 0.1) is 18.3 Å². The van der Waals surface area contributed by atoms with Gasteiger partial charge in [0.25, 0.3) is 0 Å². The van der Waals surface area contributed by atoms with Crippen LogP contribution in [0.15, 0.2) is 18.6 Å². The van der Waals surface area contributed by atoms with Crippen molar-refractivity contribution in [1.82, 2.24) is 24.2 Å². The average molecular weight is 260 g/mol. The second kappa shape index (κ2) is 4.79. The van der Waals surface area contributed by atoms with E-state index in [1.807, 2.05) is 31.0 Å². The zero-order chi connectivity index (χ0) is 13.4. The van der Waals surface area contributed by atoms with Crippen LogP contribution < -0.4 is 5.73 Å². The second-order valence-corrected chi connectivity index (χ2v) is 5.10. The van der Waals surface area contributed by atoms with E-state index in [4.69, 9.17) is 5.73 Å². The van der Waals surface area contributed by atoms with Gasteiger partial charge < -0.3 is 10.3 Å². The fourth-order valence-corrected chi connectivity index (χ4v) is 2.88. The Morgan fingerprint density at radius 2 is 2.26 bits per heavy atom. The van der Waals surface area contributed by atoms with Crippen LogP contribution in [0, 0.1) is 6.92 Å². The molecule has 1 aliphatic rings. The minimum atomic E-state index is 0.221. The van der Waals surface area contributed by atoms with Crippen LogP contribution in [0.5, 0.6) is 0 Å². The topological polar surface area (TPSA) is 64.9 Å². The van der Waals surface area contributed by atoms with Gasteiger partial charge in [-0.15, -0.1) is 0 Å². The normalized spacial score (nSPS) is 17.4. The fraction of sp³-hybridized carbons (Fsp3) is 0.538. The van der Waals surface area contributed by atoms with Crippen LogP contribution >= 0.6 is 0 Å². The lowest BCUT2D eigenvalue weighted by atomic mass is 10.1. The third kappa shape index (κ3) is 2.17. The molecule has 19 heavy (non-hydrogen) atoms. The van der Waals surface area contributed by atoms with Gasteiger partial charge in [-0.25, -0.2) is 4.98 Å². The monoisotopic (exact) mass is 260 g/mol. The third-order valence-corrected chi connectivity index (χ3v) is 3.85. The van der Waals surface area contributed by atoms with Crippen molar-refractivity contribution >= 4 is 0 Å². The van der Waals surface area contributed by atoms with Crippen LogP contribution in [0.3, 0.4) is 0 Å². The molecular formula is C13H20N6. The quantitative estimate of drug-likeness (QED) is 0.870. The number of rotatable bonds is 3. The summed E-state index contributed by atoms with van der Waals surface area (Å²) >= 11 is 0. The van der Waals surface area contributed by atoms with Crippen molar-refractivity contribution < 1.29 is 0 Å². The Labute approximate surface area is 112 Å². The molecule has 0 aliphatic carbocycles. The molecule has 2 aromatic heterocycles. The first-order valence-electron chi connectivity index (χ1n) is 6.63. The lowest BCUT2D eigenvalue weighted by Crippen LogP contribution is -2.39. The summed E-state index contributed by atoms with van der Waals surface area (Å²) in [5.41, 5.74) is 8.29. The third-order valence-electron chi connectivity index (χ3n) is 3.85. The second-order valence-electron chi connectivity index (χ2n) is 5.10. The molecule has 0 saturated carbocycles. The zero-order valence-electron chi connectivity index (χ0n) is 11.5. The van der Waals surface area contributed by atoms with Crippen LogP contribution in [0.4, 0.5) is 0 Å². The molecule has 6 heteroatoms. The molecule has 2 aromatic rings. The number of fused-ring (bicyclic) bond motifs is 1. The van der Waals surface area contributed by atoms with E-state index in [-0.39, 0.29) is 6.04 Å². The molecule has 6 nitrogen and oxygen atoms in total. The van der Waals surface area contributed by atoms with Crippen molar-refractivity contribution in [3.05, 3.63) is 35.7 Å². The van der Waals surface area contributed by atoms with Crippen LogP contribution in [0.2, 0.25) is 0 Å². The first-order chi connectivity index (χ1) is 9.19.